The summed E-state index contributed by atoms with van der Waals surface area (Å²) < 4.78 is 0. The van der Waals surface area contributed by atoms with Crippen molar-refractivity contribution in [1.29, 1.82) is 0 Å². The molecule has 34 heavy (non-hydrogen) atoms. The Balaban J connectivity index is 1.38. The predicted octanol–water partition coefficient (Wildman–Crippen LogP) is 4.29. The molecule has 8 heteroatoms. The van der Waals surface area contributed by atoms with Crippen molar-refractivity contribution >= 4 is 46.7 Å². The van der Waals surface area contributed by atoms with E-state index in [-0.39, 0.29) is 33.2 Å². The fourth-order valence-electron chi connectivity index (χ4n) is 6.04. The Morgan fingerprint density at radius 1 is 0.853 bits per heavy atom. The van der Waals surface area contributed by atoms with Crippen LogP contribution in [0.3, 0.4) is 0 Å². The van der Waals surface area contributed by atoms with Gasteiger partial charge in [-0.25, -0.2) is 5.01 Å². The fourth-order valence-corrected chi connectivity index (χ4v) is 6.34. The van der Waals surface area contributed by atoms with Crippen LogP contribution in [0, 0.1) is 35.5 Å². The number of carbonyl (C=O) groups is 4. The Hall–Kier alpha value is -2.96. The summed E-state index contributed by atoms with van der Waals surface area (Å²) in [6.45, 7) is -0.449. The van der Waals surface area contributed by atoms with E-state index in [4.69, 9.17) is 23.2 Å². The number of rotatable bonds is 5. The third-order valence-corrected chi connectivity index (χ3v) is 8.41. The molecule has 1 saturated heterocycles. The molecule has 7 rings (SSSR count). The van der Waals surface area contributed by atoms with Crippen molar-refractivity contribution in [3.8, 4) is 0 Å². The van der Waals surface area contributed by atoms with E-state index >= 15 is 0 Å². The van der Waals surface area contributed by atoms with Crippen LogP contribution in [0.1, 0.15) is 27.1 Å². The molecule has 1 heterocycles. The number of hydrogen-bond acceptors (Lipinski definition) is 4. The van der Waals surface area contributed by atoms with Crippen LogP contribution in [0.2, 0.25) is 10.0 Å². The highest BCUT2D eigenvalue weighted by atomic mass is 35.5. The van der Waals surface area contributed by atoms with E-state index in [2.05, 4.69) is 12.2 Å². The average Bonchev–Trinajstić information content (AvgIpc) is 3.63. The summed E-state index contributed by atoms with van der Waals surface area (Å²) >= 11 is 12.1. The van der Waals surface area contributed by atoms with Crippen LogP contribution in [0.15, 0.2) is 60.7 Å². The van der Waals surface area contributed by atoms with Gasteiger partial charge in [-0.15, -0.1) is 0 Å². The topological polar surface area (TPSA) is 74.8 Å². The summed E-state index contributed by atoms with van der Waals surface area (Å²) in [5, 5.41) is 2.35. The molecule has 0 unspecified atom stereocenters. The quantitative estimate of drug-likeness (QED) is 0.353. The third-order valence-electron chi connectivity index (χ3n) is 7.67. The first-order valence-electron chi connectivity index (χ1n) is 11.3. The minimum atomic E-state index is -0.659. The van der Waals surface area contributed by atoms with Crippen LogP contribution in [-0.2, 0) is 9.59 Å². The van der Waals surface area contributed by atoms with Gasteiger partial charge in [0.2, 0.25) is 0 Å². The van der Waals surface area contributed by atoms with E-state index in [0.29, 0.717) is 17.4 Å². The largest absolute Gasteiger partial charge is 0.292 e. The lowest BCUT2D eigenvalue weighted by atomic mass is 9.63. The van der Waals surface area contributed by atoms with Crippen LogP contribution in [0.4, 0.5) is 0 Å². The standard InChI is InChI=1S/C26H20Cl2N2O4/c27-19-9-6-14(10-20(19)28)24(32)29(12-21(31)13-4-2-1-3-5-13)30-25(33)22-15-7-8-16(18-11-17(15)18)23(22)26(30)34/h1-10,15-18,22-23H,11-12H2/t15-,16-,17-,18+,22-,23+/m0/s1. The Morgan fingerprint density at radius 2 is 1.47 bits per heavy atom. The maximum absolute atomic E-state index is 13.6. The second-order valence-electron chi connectivity index (χ2n) is 9.42. The van der Waals surface area contributed by atoms with Crippen LogP contribution in [0.5, 0.6) is 0 Å². The van der Waals surface area contributed by atoms with Crippen molar-refractivity contribution < 1.29 is 19.2 Å². The van der Waals surface area contributed by atoms with E-state index in [1.54, 1.807) is 30.3 Å². The Labute approximate surface area is 206 Å². The first kappa shape index (κ1) is 21.6. The minimum Gasteiger partial charge on any atom is -0.292 e. The smallest absolute Gasteiger partial charge is 0.273 e. The molecular formula is C26H20Cl2N2O4. The summed E-state index contributed by atoms with van der Waals surface area (Å²) in [6.07, 6.45) is 5.16. The molecule has 2 aromatic rings. The number of ketones is 1. The predicted molar refractivity (Wildman–Crippen MR) is 125 cm³/mol. The fraction of sp³-hybridized carbons (Fsp3) is 0.308. The van der Waals surface area contributed by atoms with Gasteiger partial charge < -0.3 is 0 Å². The van der Waals surface area contributed by atoms with Gasteiger partial charge in [0.25, 0.3) is 17.7 Å². The Morgan fingerprint density at radius 3 is 2.06 bits per heavy atom. The second kappa shape index (κ2) is 7.79. The normalized spacial score (nSPS) is 30.2. The molecule has 3 amide bonds. The van der Waals surface area contributed by atoms with Gasteiger partial charge >= 0.3 is 0 Å². The monoisotopic (exact) mass is 494 g/mol. The lowest BCUT2D eigenvalue weighted by Gasteiger charge is -2.37. The molecule has 0 aromatic heterocycles. The lowest BCUT2D eigenvalue weighted by molar-refractivity contribution is -0.154. The SMILES string of the molecule is O=C(CN(C(=O)c1ccc(Cl)c(Cl)c1)N1C(=O)[C@@H]2[C@H]3C=C[C@@H]([C@@H]4C[C@H]34)[C@@H]2C1=O)c1ccccc1. The number of hydrazine groups is 1. The molecule has 172 valence electrons. The third kappa shape index (κ3) is 3.16. The van der Waals surface area contributed by atoms with Gasteiger partial charge in [0, 0.05) is 11.1 Å². The van der Waals surface area contributed by atoms with Crippen molar-refractivity contribution in [3.63, 3.8) is 0 Å². The molecule has 2 aromatic carbocycles. The number of benzene rings is 2. The van der Waals surface area contributed by atoms with E-state index < -0.39 is 36.1 Å². The molecule has 1 aliphatic heterocycles. The number of nitrogens with zero attached hydrogens (tertiary/aromatic N) is 2. The molecule has 4 aliphatic carbocycles. The Bertz CT molecular complexity index is 1240. The van der Waals surface area contributed by atoms with Crippen LogP contribution >= 0.6 is 23.2 Å². The van der Waals surface area contributed by atoms with E-state index in [0.717, 1.165) is 16.4 Å². The molecule has 0 spiro atoms. The van der Waals surface area contributed by atoms with Gasteiger partial charge in [0.05, 0.1) is 21.9 Å². The van der Waals surface area contributed by atoms with Crippen molar-refractivity contribution in [2.45, 2.75) is 6.42 Å². The average molecular weight is 495 g/mol. The molecule has 3 fully saturated rings. The van der Waals surface area contributed by atoms with Crippen molar-refractivity contribution in [2.75, 3.05) is 6.54 Å². The Kier molecular flexibility index (Phi) is 4.94. The van der Waals surface area contributed by atoms with Gasteiger partial charge in [-0.1, -0.05) is 65.7 Å². The van der Waals surface area contributed by atoms with Crippen molar-refractivity contribution in [2.24, 2.45) is 35.5 Å². The van der Waals surface area contributed by atoms with Crippen LogP contribution in [-0.4, -0.2) is 40.1 Å². The van der Waals surface area contributed by atoms with E-state index in [9.17, 15) is 19.2 Å². The van der Waals surface area contributed by atoms with Gasteiger partial charge in [-0.3, -0.25) is 19.2 Å². The van der Waals surface area contributed by atoms with Gasteiger partial charge in [-0.05, 0) is 48.3 Å². The molecule has 0 N–H and O–H groups in total. The molecule has 2 bridgehead atoms. The number of allylic oxidation sites excluding steroid dienone is 2. The first-order chi connectivity index (χ1) is 16.4. The van der Waals surface area contributed by atoms with Crippen LogP contribution in [0.25, 0.3) is 0 Å². The minimum absolute atomic E-state index is 0.00760. The molecular weight excluding hydrogens is 475 g/mol. The van der Waals surface area contributed by atoms with Gasteiger partial charge in [0.1, 0.15) is 6.54 Å². The first-order valence-corrected chi connectivity index (χ1v) is 12.0. The highest BCUT2D eigenvalue weighted by Crippen LogP contribution is 2.65. The molecule has 6 atom stereocenters. The molecule has 6 nitrogen and oxygen atoms in total. The zero-order chi connectivity index (χ0) is 23.7. The van der Waals surface area contributed by atoms with Crippen LogP contribution < -0.4 is 0 Å². The molecule has 2 saturated carbocycles. The van der Waals surface area contributed by atoms with Crippen molar-refractivity contribution in [3.05, 3.63) is 81.9 Å². The summed E-state index contributed by atoms with van der Waals surface area (Å²) in [5.41, 5.74) is 0.517. The molecule has 5 aliphatic rings. The summed E-state index contributed by atoms with van der Waals surface area (Å²) in [6, 6.07) is 12.8. The maximum Gasteiger partial charge on any atom is 0.273 e. The molecule has 0 radical (unpaired) electrons. The summed E-state index contributed by atoms with van der Waals surface area (Å²) in [7, 11) is 0. The number of Topliss-reactive ketones (excluding diaryl/α,β-unsaturated/α-hetero) is 1. The zero-order valence-corrected chi connectivity index (χ0v) is 19.4. The zero-order valence-electron chi connectivity index (χ0n) is 17.9. The number of hydrogen-bond donors (Lipinski definition) is 0. The number of imide groups is 1. The van der Waals surface area contributed by atoms with E-state index in [1.807, 2.05) is 0 Å². The van der Waals surface area contributed by atoms with Gasteiger partial charge in [-0.2, -0.15) is 5.01 Å². The highest BCUT2D eigenvalue weighted by molar-refractivity contribution is 6.42. The lowest BCUT2D eigenvalue weighted by Crippen LogP contribution is -2.52. The number of amides is 3. The summed E-state index contributed by atoms with van der Waals surface area (Å²) in [4.78, 5) is 54.0. The number of carbonyl (C=O) groups excluding carboxylic acids is 4. The highest BCUT2D eigenvalue weighted by Gasteiger charge is 2.68. The van der Waals surface area contributed by atoms with Gasteiger partial charge in [0.15, 0.2) is 5.78 Å². The number of halogens is 2. The summed E-state index contributed by atoms with van der Waals surface area (Å²) in [5.74, 6) is -1.95. The van der Waals surface area contributed by atoms with E-state index in [1.165, 1.54) is 18.2 Å². The van der Waals surface area contributed by atoms with Crippen molar-refractivity contribution in [1.82, 2.24) is 10.0 Å². The maximum atomic E-state index is 13.6. The second-order valence-corrected chi connectivity index (χ2v) is 10.2.